The lowest BCUT2D eigenvalue weighted by atomic mass is 9.97. The highest BCUT2D eigenvalue weighted by Crippen LogP contribution is 2.14. The molecule has 0 heterocycles. The van der Waals surface area contributed by atoms with Gasteiger partial charge in [0, 0.05) is 6.54 Å². The number of nitrogens with one attached hydrogen (secondary N) is 1. The van der Waals surface area contributed by atoms with Gasteiger partial charge in [-0.2, -0.15) is 0 Å². The van der Waals surface area contributed by atoms with Gasteiger partial charge in [0.15, 0.2) is 0 Å². The van der Waals surface area contributed by atoms with Crippen molar-refractivity contribution in [1.29, 1.82) is 0 Å². The Hall–Kier alpha value is -1.40. The van der Waals surface area contributed by atoms with Crippen molar-refractivity contribution >= 4 is 16.0 Å². The predicted molar refractivity (Wildman–Crippen MR) is 72.0 cm³/mol. The molecule has 1 aromatic rings. The van der Waals surface area contributed by atoms with Gasteiger partial charge in [0.2, 0.25) is 10.0 Å². The smallest absolute Gasteiger partial charge is 0.311 e. The van der Waals surface area contributed by atoms with Crippen LogP contribution in [-0.2, 0) is 19.6 Å². The van der Waals surface area contributed by atoms with Crippen molar-refractivity contribution in [2.45, 2.75) is 25.7 Å². The van der Waals surface area contributed by atoms with Gasteiger partial charge in [-0.05, 0) is 32.9 Å². The van der Waals surface area contributed by atoms with E-state index in [1.165, 1.54) is 12.1 Å². The molecule has 5 nitrogen and oxygen atoms in total. The summed E-state index contributed by atoms with van der Waals surface area (Å²) >= 11 is 0. The van der Waals surface area contributed by atoms with E-state index < -0.39 is 15.4 Å². The summed E-state index contributed by atoms with van der Waals surface area (Å²) in [6.07, 6.45) is 0. The Kier molecular flexibility index (Phi) is 5.08. The van der Waals surface area contributed by atoms with Gasteiger partial charge in [0.1, 0.15) is 6.61 Å². The molecule has 106 valence electrons. The normalized spacial score (nSPS) is 12.2. The zero-order chi connectivity index (χ0) is 14.5. The van der Waals surface area contributed by atoms with E-state index in [1.807, 2.05) is 0 Å². The number of sulfonamides is 1. The Morgan fingerprint density at radius 3 is 2.32 bits per heavy atom. The predicted octanol–water partition coefficient (Wildman–Crippen LogP) is 1.55. The highest BCUT2D eigenvalue weighted by Gasteiger charge is 2.23. The van der Waals surface area contributed by atoms with Crippen molar-refractivity contribution in [3.8, 4) is 0 Å². The minimum absolute atomic E-state index is 0.0160. The van der Waals surface area contributed by atoms with Crippen LogP contribution in [0.1, 0.15) is 20.8 Å². The first-order valence-corrected chi connectivity index (χ1v) is 7.44. The molecule has 0 saturated heterocycles. The van der Waals surface area contributed by atoms with Crippen LogP contribution in [-0.4, -0.2) is 27.5 Å². The van der Waals surface area contributed by atoms with Crippen molar-refractivity contribution in [2.75, 3.05) is 13.2 Å². The number of ether oxygens (including phenoxy) is 1. The van der Waals surface area contributed by atoms with E-state index in [0.29, 0.717) is 0 Å². The van der Waals surface area contributed by atoms with Crippen molar-refractivity contribution < 1.29 is 17.9 Å². The molecule has 1 aromatic carbocycles. The molecule has 0 aliphatic rings. The second-order valence-electron chi connectivity index (χ2n) is 5.10. The summed E-state index contributed by atoms with van der Waals surface area (Å²) in [5.41, 5.74) is -0.585. The minimum atomic E-state index is -3.53. The van der Waals surface area contributed by atoms with Crippen LogP contribution in [0.25, 0.3) is 0 Å². The summed E-state index contributed by atoms with van der Waals surface area (Å²) < 4.78 is 31.0. The summed E-state index contributed by atoms with van der Waals surface area (Å²) in [6.45, 7) is 5.29. The monoisotopic (exact) mass is 285 g/mol. The highest BCUT2D eigenvalue weighted by atomic mass is 32.2. The highest BCUT2D eigenvalue weighted by molar-refractivity contribution is 7.89. The number of rotatable bonds is 5. The van der Waals surface area contributed by atoms with Crippen molar-refractivity contribution in [3.63, 3.8) is 0 Å². The van der Waals surface area contributed by atoms with Crippen LogP contribution in [0, 0.1) is 5.41 Å². The van der Waals surface area contributed by atoms with Gasteiger partial charge < -0.3 is 4.74 Å². The summed E-state index contributed by atoms with van der Waals surface area (Å²) in [4.78, 5) is 11.7. The molecule has 0 aliphatic heterocycles. The summed E-state index contributed by atoms with van der Waals surface area (Å²) in [5.74, 6) is -0.355. The minimum Gasteiger partial charge on any atom is -0.464 e. The Balaban J connectivity index is 2.44. The second kappa shape index (κ2) is 6.16. The maximum atomic E-state index is 11.8. The average molecular weight is 285 g/mol. The molecular formula is C13H19NO4S. The Labute approximate surface area is 114 Å². The summed E-state index contributed by atoms with van der Waals surface area (Å²) in [7, 11) is -3.53. The first-order valence-electron chi connectivity index (χ1n) is 5.95. The van der Waals surface area contributed by atoms with Gasteiger partial charge in [0.25, 0.3) is 0 Å². The number of benzene rings is 1. The quantitative estimate of drug-likeness (QED) is 0.658. The largest absolute Gasteiger partial charge is 0.464 e. The molecule has 0 aromatic heterocycles. The molecular weight excluding hydrogens is 266 g/mol. The fourth-order valence-corrected chi connectivity index (χ4v) is 2.25. The third-order valence-corrected chi connectivity index (χ3v) is 3.77. The molecule has 0 bridgehead atoms. The lowest BCUT2D eigenvalue weighted by molar-refractivity contribution is -0.152. The average Bonchev–Trinajstić information content (AvgIpc) is 2.34. The zero-order valence-electron chi connectivity index (χ0n) is 11.3. The van der Waals surface area contributed by atoms with E-state index in [1.54, 1.807) is 39.0 Å². The first-order chi connectivity index (χ1) is 8.73. The number of carbonyl (C=O) groups excluding carboxylic acids is 1. The van der Waals surface area contributed by atoms with Gasteiger partial charge in [0.05, 0.1) is 10.3 Å². The number of hydrogen-bond donors (Lipinski definition) is 1. The summed E-state index contributed by atoms with van der Waals surface area (Å²) in [6, 6.07) is 8.04. The Morgan fingerprint density at radius 2 is 1.79 bits per heavy atom. The molecule has 19 heavy (non-hydrogen) atoms. The van der Waals surface area contributed by atoms with E-state index >= 15 is 0 Å². The van der Waals surface area contributed by atoms with Gasteiger partial charge in [-0.3, -0.25) is 4.79 Å². The second-order valence-corrected chi connectivity index (χ2v) is 6.86. The number of carbonyl (C=O) groups is 1. The van der Waals surface area contributed by atoms with Crippen LogP contribution >= 0.6 is 0 Å². The van der Waals surface area contributed by atoms with E-state index in [4.69, 9.17) is 4.74 Å². The molecule has 0 radical (unpaired) electrons. The molecule has 0 atom stereocenters. The summed E-state index contributed by atoms with van der Waals surface area (Å²) in [5, 5.41) is 0. The molecule has 1 N–H and O–H groups in total. The maximum Gasteiger partial charge on any atom is 0.311 e. The molecule has 6 heteroatoms. The van der Waals surface area contributed by atoms with Gasteiger partial charge in [-0.25, -0.2) is 13.1 Å². The molecule has 0 amide bonds. The topological polar surface area (TPSA) is 72.5 Å². The van der Waals surface area contributed by atoms with Crippen LogP contribution in [0.3, 0.4) is 0 Å². The van der Waals surface area contributed by atoms with Crippen LogP contribution in [0.2, 0.25) is 0 Å². The molecule has 0 unspecified atom stereocenters. The standard InChI is InChI=1S/C13H19NO4S/c1-13(2,3)12(15)18-10-9-14-19(16,17)11-7-5-4-6-8-11/h4-8,14H,9-10H2,1-3H3. The molecule has 0 saturated carbocycles. The van der Waals surface area contributed by atoms with Crippen LogP contribution in [0.15, 0.2) is 35.2 Å². The van der Waals surface area contributed by atoms with Crippen LogP contribution < -0.4 is 4.72 Å². The SMILES string of the molecule is CC(C)(C)C(=O)OCCNS(=O)(=O)c1ccccc1. The Morgan fingerprint density at radius 1 is 1.21 bits per heavy atom. The van der Waals surface area contributed by atoms with E-state index in [0.717, 1.165) is 0 Å². The van der Waals surface area contributed by atoms with E-state index in [2.05, 4.69) is 4.72 Å². The van der Waals surface area contributed by atoms with Crippen LogP contribution in [0.5, 0.6) is 0 Å². The third-order valence-electron chi connectivity index (χ3n) is 2.29. The van der Waals surface area contributed by atoms with Crippen molar-refractivity contribution in [1.82, 2.24) is 4.72 Å². The van der Waals surface area contributed by atoms with Gasteiger partial charge >= 0.3 is 5.97 Å². The first kappa shape index (κ1) is 15.7. The lowest BCUT2D eigenvalue weighted by Gasteiger charge is -2.16. The third kappa shape index (κ3) is 5.00. The number of esters is 1. The van der Waals surface area contributed by atoms with E-state index in [-0.39, 0.29) is 24.0 Å². The zero-order valence-corrected chi connectivity index (χ0v) is 12.2. The van der Waals surface area contributed by atoms with Gasteiger partial charge in [-0.1, -0.05) is 18.2 Å². The molecule has 1 rings (SSSR count). The fourth-order valence-electron chi connectivity index (χ4n) is 1.22. The Bertz CT molecular complexity index is 517. The van der Waals surface area contributed by atoms with Gasteiger partial charge in [-0.15, -0.1) is 0 Å². The van der Waals surface area contributed by atoms with Crippen molar-refractivity contribution in [2.24, 2.45) is 5.41 Å². The number of hydrogen-bond acceptors (Lipinski definition) is 4. The lowest BCUT2D eigenvalue weighted by Crippen LogP contribution is -2.30. The maximum absolute atomic E-state index is 11.8. The van der Waals surface area contributed by atoms with Crippen molar-refractivity contribution in [3.05, 3.63) is 30.3 Å². The molecule has 0 aliphatic carbocycles. The fraction of sp³-hybridized carbons (Fsp3) is 0.462. The molecule has 0 spiro atoms. The van der Waals surface area contributed by atoms with E-state index in [9.17, 15) is 13.2 Å². The molecule has 0 fully saturated rings. The van der Waals surface area contributed by atoms with Crippen LogP contribution in [0.4, 0.5) is 0 Å².